The molecule has 0 spiro atoms. The first-order valence-corrected chi connectivity index (χ1v) is 6.21. The van der Waals surface area contributed by atoms with E-state index in [0.29, 0.717) is 25.3 Å². The molecule has 1 saturated heterocycles. The molecule has 1 aromatic rings. The maximum absolute atomic E-state index is 12.0. The van der Waals surface area contributed by atoms with Crippen LogP contribution in [-0.2, 0) is 16.0 Å². The molecule has 1 fully saturated rings. The zero-order chi connectivity index (χ0) is 13.8. The summed E-state index contributed by atoms with van der Waals surface area (Å²) in [5, 5.41) is 8.66. The van der Waals surface area contributed by atoms with Gasteiger partial charge in [0.2, 0.25) is 5.91 Å². The molecule has 0 unspecified atom stereocenters. The first-order valence-electron chi connectivity index (χ1n) is 6.21. The molecular weight excluding hydrogens is 246 g/mol. The third-order valence-corrected chi connectivity index (χ3v) is 3.31. The van der Waals surface area contributed by atoms with E-state index in [1.807, 2.05) is 24.3 Å². The molecule has 1 heterocycles. The Kier molecular flexibility index (Phi) is 4.04. The lowest BCUT2D eigenvalue weighted by Gasteiger charge is -2.38. The molecule has 1 amide bonds. The molecule has 1 N–H and O–H groups in total. The van der Waals surface area contributed by atoms with Crippen LogP contribution >= 0.6 is 0 Å². The monoisotopic (exact) mass is 263 g/mol. The number of rotatable bonds is 5. The van der Waals surface area contributed by atoms with Gasteiger partial charge < -0.3 is 14.7 Å². The Morgan fingerprint density at radius 1 is 1.37 bits per heavy atom. The van der Waals surface area contributed by atoms with Crippen LogP contribution < -0.4 is 4.74 Å². The van der Waals surface area contributed by atoms with Gasteiger partial charge in [0.15, 0.2) is 0 Å². The van der Waals surface area contributed by atoms with Gasteiger partial charge in [-0.1, -0.05) is 18.2 Å². The van der Waals surface area contributed by atoms with Gasteiger partial charge in [-0.25, -0.2) is 0 Å². The van der Waals surface area contributed by atoms with Gasteiger partial charge in [0.25, 0.3) is 0 Å². The minimum atomic E-state index is -0.804. The summed E-state index contributed by atoms with van der Waals surface area (Å²) in [4.78, 5) is 24.2. The van der Waals surface area contributed by atoms with Crippen molar-refractivity contribution in [2.75, 3.05) is 20.2 Å². The highest BCUT2D eigenvalue weighted by Crippen LogP contribution is 2.23. The number of benzene rings is 1. The largest absolute Gasteiger partial charge is 0.496 e. The molecule has 0 radical (unpaired) electrons. The van der Waals surface area contributed by atoms with Crippen LogP contribution in [-0.4, -0.2) is 42.1 Å². The van der Waals surface area contributed by atoms with Crippen LogP contribution in [0.4, 0.5) is 0 Å². The van der Waals surface area contributed by atoms with Gasteiger partial charge in [-0.2, -0.15) is 0 Å². The van der Waals surface area contributed by atoms with Gasteiger partial charge in [0.05, 0.1) is 20.0 Å². The maximum Gasteiger partial charge on any atom is 0.303 e. The van der Waals surface area contributed by atoms with Crippen LogP contribution in [0.3, 0.4) is 0 Å². The van der Waals surface area contributed by atoms with Gasteiger partial charge in [0.1, 0.15) is 5.75 Å². The van der Waals surface area contributed by atoms with E-state index in [-0.39, 0.29) is 18.2 Å². The van der Waals surface area contributed by atoms with E-state index < -0.39 is 5.97 Å². The molecule has 5 heteroatoms. The van der Waals surface area contributed by atoms with Crippen molar-refractivity contribution in [3.05, 3.63) is 29.8 Å². The van der Waals surface area contributed by atoms with E-state index in [4.69, 9.17) is 9.84 Å². The third kappa shape index (κ3) is 3.24. The Morgan fingerprint density at radius 2 is 2.05 bits per heavy atom. The number of hydrogen-bond acceptors (Lipinski definition) is 3. The average molecular weight is 263 g/mol. The number of hydrogen-bond donors (Lipinski definition) is 1. The molecule has 0 saturated carbocycles. The zero-order valence-corrected chi connectivity index (χ0v) is 10.8. The Labute approximate surface area is 111 Å². The molecule has 5 nitrogen and oxygen atoms in total. The Bertz CT molecular complexity index is 480. The van der Waals surface area contributed by atoms with Gasteiger partial charge in [0, 0.05) is 24.6 Å². The number of carboxylic acid groups (broad SMARTS) is 1. The fourth-order valence-corrected chi connectivity index (χ4v) is 2.27. The van der Waals surface area contributed by atoms with Crippen LogP contribution in [0.1, 0.15) is 12.0 Å². The maximum atomic E-state index is 12.0. The summed E-state index contributed by atoms with van der Waals surface area (Å²) in [6.07, 6.45) is 0.433. The average Bonchev–Trinajstić information content (AvgIpc) is 2.33. The second-order valence-electron chi connectivity index (χ2n) is 4.75. The number of nitrogens with zero attached hydrogens (tertiary/aromatic N) is 1. The Hall–Kier alpha value is -2.04. The molecule has 0 aliphatic carbocycles. The number of amides is 1. The lowest BCUT2D eigenvalue weighted by atomic mass is 9.95. The predicted octanol–water partition coefficient (Wildman–Crippen LogP) is 1.17. The molecule has 1 aliphatic heterocycles. The minimum absolute atomic E-state index is 0.0196. The van der Waals surface area contributed by atoms with Crippen LogP contribution in [0.15, 0.2) is 24.3 Å². The van der Waals surface area contributed by atoms with Crippen LogP contribution in [0, 0.1) is 5.92 Å². The third-order valence-electron chi connectivity index (χ3n) is 3.31. The molecule has 1 aliphatic rings. The Morgan fingerprint density at radius 3 is 2.68 bits per heavy atom. The lowest BCUT2D eigenvalue weighted by Crippen LogP contribution is -2.51. The summed E-state index contributed by atoms with van der Waals surface area (Å²) >= 11 is 0. The normalized spacial score (nSPS) is 14.9. The van der Waals surface area contributed by atoms with Crippen molar-refractivity contribution in [1.29, 1.82) is 0 Å². The molecule has 0 atom stereocenters. The summed E-state index contributed by atoms with van der Waals surface area (Å²) in [5.41, 5.74) is 0.858. The van der Waals surface area contributed by atoms with Crippen molar-refractivity contribution < 1.29 is 19.4 Å². The van der Waals surface area contributed by atoms with Gasteiger partial charge >= 0.3 is 5.97 Å². The van der Waals surface area contributed by atoms with Crippen LogP contribution in [0.2, 0.25) is 0 Å². The van der Waals surface area contributed by atoms with Crippen molar-refractivity contribution in [3.8, 4) is 5.75 Å². The van der Waals surface area contributed by atoms with Gasteiger partial charge in [-0.15, -0.1) is 0 Å². The summed E-state index contributed by atoms with van der Waals surface area (Å²) in [6, 6.07) is 7.42. The van der Waals surface area contributed by atoms with Crippen LogP contribution in [0.25, 0.3) is 0 Å². The second kappa shape index (κ2) is 5.73. The summed E-state index contributed by atoms with van der Waals surface area (Å²) in [5.74, 6) is 0.0190. The number of carbonyl (C=O) groups excluding carboxylic acids is 1. The van der Waals surface area contributed by atoms with E-state index in [9.17, 15) is 9.59 Å². The standard InChI is InChI=1S/C14H17NO4/c1-19-12-5-3-2-4-11(12)7-13(16)15-8-10(9-15)6-14(17)18/h2-5,10H,6-9H2,1H3,(H,17,18). The topological polar surface area (TPSA) is 66.8 Å². The number of aliphatic carboxylic acids is 1. The highest BCUT2D eigenvalue weighted by Gasteiger charge is 2.32. The molecule has 0 aromatic heterocycles. The predicted molar refractivity (Wildman–Crippen MR) is 69.0 cm³/mol. The number of carbonyl (C=O) groups is 2. The molecule has 19 heavy (non-hydrogen) atoms. The van der Waals surface area contributed by atoms with E-state index in [2.05, 4.69) is 0 Å². The second-order valence-corrected chi connectivity index (χ2v) is 4.75. The molecule has 102 valence electrons. The summed E-state index contributed by atoms with van der Waals surface area (Å²) < 4.78 is 5.20. The molecular formula is C14H17NO4. The molecule has 0 bridgehead atoms. The van der Waals surface area contributed by atoms with Crippen molar-refractivity contribution in [1.82, 2.24) is 4.90 Å². The number of likely N-dealkylation sites (tertiary alicyclic amines) is 1. The van der Waals surface area contributed by atoms with Gasteiger partial charge in [-0.05, 0) is 6.07 Å². The number of methoxy groups -OCH3 is 1. The number of carboxylic acids is 1. The lowest BCUT2D eigenvalue weighted by molar-refractivity contribution is -0.144. The molecule has 1 aromatic carbocycles. The summed E-state index contributed by atoms with van der Waals surface area (Å²) in [6.45, 7) is 1.08. The highest BCUT2D eigenvalue weighted by atomic mass is 16.5. The van der Waals surface area contributed by atoms with Crippen molar-refractivity contribution in [2.45, 2.75) is 12.8 Å². The van der Waals surface area contributed by atoms with Crippen molar-refractivity contribution in [2.24, 2.45) is 5.92 Å². The van der Waals surface area contributed by atoms with E-state index in [1.54, 1.807) is 12.0 Å². The van der Waals surface area contributed by atoms with E-state index in [0.717, 1.165) is 5.56 Å². The molecule has 2 rings (SSSR count). The number of para-hydroxylation sites is 1. The first kappa shape index (κ1) is 13.4. The highest BCUT2D eigenvalue weighted by molar-refractivity contribution is 5.80. The quantitative estimate of drug-likeness (QED) is 0.866. The van der Waals surface area contributed by atoms with Crippen molar-refractivity contribution in [3.63, 3.8) is 0 Å². The van der Waals surface area contributed by atoms with Crippen LogP contribution in [0.5, 0.6) is 5.75 Å². The number of ether oxygens (including phenoxy) is 1. The minimum Gasteiger partial charge on any atom is -0.496 e. The fraction of sp³-hybridized carbons (Fsp3) is 0.429. The first-order chi connectivity index (χ1) is 9.10. The summed E-state index contributed by atoms with van der Waals surface area (Å²) in [7, 11) is 1.58. The van der Waals surface area contributed by atoms with E-state index in [1.165, 1.54) is 0 Å². The van der Waals surface area contributed by atoms with Gasteiger partial charge in [-0.3, -0.25) is 9.59 Å². The van der Waals surface area contributed by atoms with E-state index >= 15 is 0 Å². The Balaban J connectivity index is 1.87. The SMILES string of the molecule is COc1ccccc1CC(=O)N1CC(CC(=O)O)C1. The smallest absolute Gasteiger partial charge is 0.303 e. The zero-order valence-electron chi connectivity index (χ0n) is 10.8. The van der Waals surface area contributed by atoms with Crippen molar-refractivity contribution >= 4 is 11.9 Å². The fourth-order valence-electron chi connectivity index (χ4n) is 2.27.